The van der Waals surface area contributed by atoms with Gasteiger partial charge in [-0.1, -0.05) is 6.08 Å². The molecule has 6 heteroatoms. The van der Waals surface area contributed by atoms with E-state index < -0.39 is 9.84 Å². The summed E-state index contributed by atoms with van der Waals surface area (Å²) in [5.41, 5.74) is 0.890. The Morgan fingerprint density at radius 2 is 2.31 bits per heavy atom. The zero-order valence-electron chi connectivity index (χ0n) is 8.43. The Balaban J connectivity index is 1.89. The molecule has 1 N–H and O–H groups in total. The highest BCUT2D eigenvalue weighted by atomic mass is 79.9. The third kappa shape index (κ3) is 3.13. The first-order valence-electron chi connectivity index (χ1n) is 4.80. The van der Waals surface area contributed by atoms with Crippen LogP contribution in [-0.4, -0.2) is 25.2 Å². The van der Waals surface area contributed by atoms with Crippen LogP contribution in [0.15, 0.2) is 34.3 Å². The zero-order chi connectivity index (χ0) is 11.6. The highest BCUT2D eigenvalue weighted by molar-refractivity contribution is 9.10. The SMILES string of the molecule is O=S1(=O)C=CC(NCc2ccc(Br)cn2)C1. The summed E-state index contributed by atoms with van der Waals surface area (Å²) in [4.78, 5) is 4.19. The molecule has 0 aromatic carbocycles. The molecule has 16 heavy (non-hydrogen) atoms. The van der Waals surface area contributed by atoms with Crippen LogP contribution in [-0.2, 0) is 16.4 Å². The summed E-state index contributed by atoms with van der Waals surface area (Å²) < 4.78 is 23.2. The van der Waals surface area contributed by atoms with Crippen LogP contribution in [0.4, 0.5) is 0 Å². The number of rotatable bonds is 3. The Kier molecular flexibility index (Phi) is 3.41. The van der Waals surface area contributed by atoms with E-state index in [9.17, 15) is 8.42 Å². The van der Waals surface area contributed by atoms with E-state index >= 15 is 0 Å². The van der Waals surface area contributed by atoms with Gasteiger partial charge < -0.3 is 5.32 Å². The minimum Gasteiger partial charge on any atom is -0.304 e. The van der Waals surface area contributed by atoms with Gasteiger partial charge in [-0.25, -0.2) is 8.42 Å². The van der Waals surface area contributed by atoms with Crippen molar-refractivity contribution < 1.29 is 8.42 Å². The Labute approximate surface area is 103 Å². The fourth-order valence-corrected chi connectivity index (χ4v) is 2.95. The van der Waals surface area contributed by atoms with Crippen molar-refractivity contribution in [2.75, 3.05) is 5.75 Å². The first-order valence-corrected chi connectivity index (χ1v) is 7.31. The minimum absolute atomic E-state index is 0.101. The summed E-state index contributed by atoms with van der Waals surface area (Å²) >= 11 is 3.30. The molecule has 0 amide bonds. The Morgan fingerprint density at radius 3 is 2.88 bits per heavy atom. The molecule has 2 heterocycles. The molecular weight excluding hydrogens is 292 g/mol. The van der Waals surface area contributed by atoms with Gasteiger partial charge in [0.15, 0.2) is 9.84 Å². The standard InChI is InChI=1S/C10H11BrN2O2S/c11-8-1-2-9(12-5-8)6-13-10-3-4-16(14,15)7-10/h1-5,10,13H,6-7H2. The molecule has 0 spiro atoms. The van der Waals surface area contributed by atoms with Gasteiger partial charge in [0.2, 0.25) is 0 Å². The van der Waals surface area contributed by atoms with Gasteiger partial charge in [0.05, 0.1) is 11.4 Å². The first kappa shape index (κ1) is 11.8. The molecule has 0 saturated heterocycles. The average Bonchev–Trinajstić information content (AvgIpc) is 2.58. The summed E-state index contributed by atoms with van der Waals surface area (Å²) in [6.07, 6.45) is 3.40. The molecule has 1 aliphatic heterocycles. The quantitative estimate of drug-likeness (QED) is 0.913. The van der Waals surface area contributed by atoms with Crippen LogP contribution in [0.1, 0.15) is 5.69 Å². The normalized spacial score (nSPS) is 22.4. The lowest BCUT2D eigenvalue weighted by Crippen LogP contribution is -2.29. The van der Waals surface area contributed by atoms with Crippen molar-refractivity contribution in [2.24, 2.45) is 0 Å². The number of hydrogen-bond acceptors (Lipinski definition) is 4. The van der Waals surface area contributed by atoms with E-state index in [4.69, 9.17) is 0 Å². The van der Waals surface area contributed by atoms with Crippen molar-refractivity contribution in [2.45, 2.75) is 12.6 Å². The van der Waals surface area contributed by atoms with Crippen molar-refractivity contribution in [3.63, 3.8) is 0 Å². The van der Waals surface area contributed by atoms with Gasteiger partial charge in [0, 0.05) is 28.7 Å². The summed E-state index contributed by atoms with van der Waals surface area (Å²) in [5, 5.41) is 4.39. The van der Waals surface area contributed by atoms with Crippen LogP contribution in [0.3, 0.4) is 0 Å². The maximum absolute atomic E-state index is 11.1. The number of sulfone groups is 1. The number of nitrogens with zero attached hydrogens (tertiary/aromatic N) is 1. The number of nitrogens with one attached hydrogen (secondary N) is 1. The molecule has 1 atom stereocenters. The number of halogens is 1. The van der Waals surface area contributed by atoms with Crippen molar-refractivity contribution in [1.29, 1.82) is 0 Å². The first-order chi connectivity index (χ1) is 7.55. The van der Waals surface area contributed by atoms with Gasteiger partial charge in [-0.15, -0.1) is 0 Å². The fraction of sp³-hybridized carbons (Fsp3) is 0.300. The second kappa shape index (κ2) is 4.65. The predicted molar refractivity (Wildman–Crippen MR) is 65.5 cm³/mol. The molecule has 0 bridgehead atoms. The van der Waals surface area contributed by atoms with Crippen molar-refractivity contribution in [3.05, 3.63) is 40.0 Å². The maximum Gasteiger partial charge on any atom is 0.173 e. The third-order valence-corrected chi connectivity index (χ3v) is 4.13. The van der Waals surface area contributed by atoms with Crippen molar-refractivity contribution >= 4 is 25.8 Å². The maximum atomic E-state index is 11.1. The Bertz CT molecular complexity index is 496. The second-order valence-corrected chi connectivity index (χ2v) is 6.46. The summed E-state index contributed by atoms with van der Waals surface area (Å²) in [5.74, 6) is 0.142. The molecule has 1 aromatic rings. The minimum atomic E-state index is -2.98. The molecule has 0 fully saturated rings. The van der Waals surface area contributed by atoms with Gasteiger partial charge in [0.25, 0.3) is 0 Å². The lowest BCUT2D eigenvalue weighted by atomic mass is 10.3. The summed E-state index contributed by atoms with van der Waals surface area (Å²) in [7, 11) is -2.98. The Morgan fingerprint density at radius 1 is 1.50 bits per heavy atom. The van der Waals surface area contributed by atoms with Crippen molar-refractivity contribution in [1.82, 2.24) is 10.3 Å². The van der Waals surface area contributed by atoms with E-state index in [1.54, 1.807) is 12.3 Å². The number of pyridine rings is 1. The molecule has 0 radical (unpaired) electrons. The largest absolute Gasteiger partial charge is 0.304 e. The smallest absolute Gasteiger partial charge is 0.173 e. The highest BCUT2D eigenvalue weighted by Gasteiger charge is 2.20. The topological polar surface area (TPSA) is 59.1 Å². The number of hydrogen-bond donors (Lipinski definition) is 1. The van der Waals surface area contributed by atoms with Gasteiger partial charge in [-0.2, -0.15) is 0 Å². The monoisotopic (exact) mass is 302 g/mol. The van der Waals surface area contributed by atoms with E-state index in [1.165, 1.54) is 5.41 Å². The van der Waals surface area contributed by atoms with Gasteiger partial charge in [-0.05, 0) is 28.1 Å². The molecule has 1 unspecified atom stereocenters. The fourth-order valence-electron chi connectivity index (χ4n) is 1.45. The van der Waals surface area contributed by atoms with Crippen molar-refractivity contribution in [3.8, 4) is 0 Å². The Hall–Kier alpha value is -0.720. The lowest BCUT2D eigenvalue weighted by Gasteiger charge is -2.08. The molecule has 2 rings (SSSR count). The zero-order valence-corrected chi connectivity index (χ0v) is 10.8. The van der Waals surface area contributed by atoms with Gasteiger partial charge in [-0.3, -0.25) is 4.98 Å². The van der Waals surface area contributed by atoms with E-state index in [2.05, 4.69) is 26.2 Å². The van der Waals surface area contributed by atoms with E-state index in [0.717, 1.165) is 10.2 Å². The highest BCUT2D eigenvalue weighted by Crippen LogP contribution is 2.10. The van der Waals surface area contributed by atoms with E-state index in [1.807, 2.05) is 12.1 Å². The molecule has 1 aliphatic rings. The lowest BCUT2D eigenvalue weighted by molar-refractivity contribution is 0.588. The molecule has 0 aliphatic carbocycles. The van der Waals surface area contributed by atoms with Crippen LogP contribution >= 0.6 is 15.9 Å². The second-order valence-electron chi connectivity index (χ2n) is 3.61. The molecule has 4 nitrogen and oxygen atoms in total. The average molecular weight is 303 g/mol. The van der Waals surface area contributed by atoms with Gasteiger partial charge >= 0.3 is 0 Å². The third-order valence-electron chi connectivity index (χ3n) is 2.26. The van der Waals surface area contributed by atoms with Gasteiger partial charge in [0.1, 0.15) is 0 Å². The van der Waals surface area contributed by atoms with Crippen LogP contribution in [0.5, 0.6) is 0 Å². The molecule has 0 saturated carbocycles. The molecule has 1 aromatic heterocycles. The van der Waals surface area contributed by atoms with Crippen LogP contribution in [0.2, 0.25) is 0 Å². The molecule has 86 valence electrons. The summed E-state index contributed by atoms with van der Waals surface area (Å²) in [6.45, 7) is 0.567. The van der Waals surface area contributed by atoms with Crippen LogP contribution < -0.4 is 5.32 Å². The van der Waals surface area contributed by atoms with E-state index in [-0.39, 0.29) is 11.8 Å². The predicted octanol–water partition coefficient (Wildman–Crippen LogP) is 1.24. The number of aromatic nitrogens is 1. The molecular formula is C10H11BrN2O2S. The van der Waals surface area contributed by atoms with Crippen LogP contribution in [0, 0.1) is 0 Å². The van der Waals surface area contributed by atoms with E-state index in [0.29, 0.717) is 6.54 Å². The van der Waals surface area contributed by atoms with Crippen LogP contribution in [0.25, 0.3) is 0 Å². The summed E-state index contributed by atoms with van der Waals surface area (Å²) in [6, 6.07) is 3.70.